The molecule has 8 nitrogen and oxygen atoms in total. The van der Waals surface area contributed by atoms with Gasteiger partial charge in [0.25, 0.3) is 10.0 Å². The molecule has 1 aliphatic heterocycles. The maximum Gasteiger partial charge on any atom is 0.361 e. The van der Waals surface area contributed by atoms with Crippen molar-refractivity contribution in [1.29, 1.82) is 0 Å². The van der Waals surface area contributed by atoms with Crippen molar-refractivity contribution in [3.8, 4) is 0 Å². The van der Waals surface area contributed by atoms with Crippen molar-refractivity contribution < 1.29 is 23.5 Å². The number of carbonyl (C=O) groups is 1. The SMILES string of the molecule is O=C(O)C(=NO)C1=NS(=O)(=O)c2ccccc2N1. The summed E-state index contributed by atoms with van der Waals surface area (Å²) in [7, 11) is -4.01. The van der Waals surface area contributed by atoms with Crippen molar-refractivity contribution in [2.24, 2.45) is 9.55 Å². The summed E-state index contributed by atoms with van der Waals surface area (Å²) in [6, 6.07) is 5.85. The molecule has 0 unspecified atom stereocenters. The molecule has 0 spiro atoms. The molecule has 0 atom stereocenters. The van der Waals surface area contributed by atoms with E-state index in [1.54, 1.807) is 6.07 Å². The fourth-order valence-electron chi connectivity index (χ4n) is 1.41. The molecule has 0 fully saturated rings. The molecule has 1 aromatic carbocycles. The van der Waals surface area contributed by atoms with Crippen LogP contribution >= 0.6 is 0 Å². The summed E-state index contributed by atoms with van der Waals surface area (Å²) in [6.07, 6.45) is 0. The number of sulfonamides is 1. The fourth-order valence-corrected chi connectivity index (χ4v) is 2.53. The Hall–Kier alpha value is -2.42. The van der Waals surface area contributed by atoms with E-state index in [0.717, 1.165) is 0 Å². The number of carboxylic acids is 1. The van der Waals surface area contributed by atoms with Gasteiger partial charge in [0.1, 0.15) is 4.90 Å². The highest BCUT2D eigenvalue weighted by atomic mass is 32.2. The van der Waals surface area contributed by atoms with Crippen LogP contribution < -0.4 is 5.32 Å². The lowest BCUT2D eigenvalue weighted by atomic mass is 10.3. The van der Waals surface area contributed by atoms with Crippen LogP contribution in [0.5, 0.6) is 0 Å². The Morgan fingerprint density at radius 2 is 2.00 bits per heavy atom. The van der Waals surface area contributed by atoms with Crippen LogP contribution in [0.25, 0.3) is 0 Å². The highest BCUT2D eigenvalue weighted by molar-refractivity contribution is 7.90. The van der Waals surface area contributed by atoms with Crippen LogP contribution in [0, 0.1) is 0 Å². The predicted molar refractivity (Wildman–Crippen MR) is 61.5 cm³/mol. The molecule has 1 aromatic rings. The molecule has 3 N–H and O–H groups in total. The maximum atomic E-state index is 11.8. The molecule has 9 heteroatoms. The topological polar surface area (TPSA) is 128 Å². The second-order valence-electron chi connectivity index (χ2n) is 3.29. The molecular formula is C9H7N3O5S. The zero-order chi connectivity index (χ0) is 13.3. The predicted octanol–water partition coefficient (Wildman–Crippen LogP) is 0.114. The van der Waals surface area contributed by atoms with Crippen molar-refractivity contribution in [3.05, 3.63) is 24.3 Å². The summed E-state index contributed by atoms with van der Waals surface area (Å²) in [5, 5.41) is 22.3. The number of amidine groups is 1. The molecule has 0 bridgehead atoms. The summed E-state index contributed by atoms with van der Waals surface area (Å²) in [5.41, 5.74) is -0.710. The molecule has 0 aliphatic carbocycles. The van der Waals surface area contributed by atoms with Gasteiger partial charge in [-0.25, -0.2) is 4.79 Å². The minimum absolute atomic E-state index is 0.0728. The van der Waals surface area contributed by atoms with Crippen LogP contribution in [0.3, 0.4) is 0 Å². The number of hydrogen-bond acceptors (Lipinski definition) is 6. The smallest absolute Gasteiger partial charge is 0.361 e. The highest BCUT2D eigenvalue weighted by Gasteiger charge is 2.29. The van der Waals surface area contributed by atoms with Gasteiger partial charge in [0.2, 0.25) is 5.71 Å². The number of oxime groups is 1. The van der Waals surface area contributed by atoms with Gasteiger partial charge in [0.05, 0.1) is 5.69 Å². The molecule has 18 heavy (non-hydrogen) atoms. The number of hydrogen-bond donors (Lipinski definition) is 3. The van der Waals surface area contributed by atoms with Crippen LogP contribution in [0.1, 0.15) is 0 Å². The fraction of sp³-hybridized carbons (Fsp3) is 0. The van der Waals surface area contributed by atoms with Gasteiger partial charge in [-0.2, -0.15) is 8.42 Å². The Balaban J connectivity index is 2.59. The number of benzene rings is 1. The van der Waals surface area contributed by atoms with Gasteiger partial charge in [-0.3, -0.25) is 0 Å². The number of fused-ring (bicyclic) bond motifs is 1. The third kappa shape index (κ3) is 1.91. The average Bonchev–Trinajstić information content (AvgIpc) is 2.28. The molecular weight excluding hydrogens is 262 g/mol. The van der Waals surface area contributed by atoms with Gasteiger partial charge in [0.15, 0.2) is 5.84 Å². The second kappa shape index (κ2) is 4.11. The van der Waals surface area contributed by atoms with Crippen molar-refractivity contribution in [3.63, 3.8) is 0 Å². The van der Waals surface area contributed by atoms with Gasteiger partial charge in [-0.15, -0.1) is 4.40 Å². The van der Waals surface area contributed by atoms with E-state index in [9.17, 15) is 13.2 Å². The van der Waals surface area contributed by atoms with Crippen LogP contribution in [-0.4, -0.2) is 36.2 Å². The Bertz CT molecular complexity index is 677. The summed E-state index contributed by atoms with van der Waals surface area (Å²) in [6.45, 7) is 0. The Morgan fingerprint density at radius 1 is 1.33 bits per heavy atom. The first kappa shape index (κ1) is 12.0. The molecule has 1 aliphatic rings. The third-order valence-corrected chi connectivity index (χ3v) is 3.49. The maximum absolute atomic E-state index is 11.8. The van der Waals surface area contributed by atoms with E-state index < -0.39 is 27.5 Å². The lowest BCUT2D eigenvalue weighted by Gasteiger charge is -2.16. The second-order valence-corrected chi connectivity index (χ2v) is 4.86. The minimum atomic E-state index is -4.01. The van der Waals surface area contributed by atoms with Crippen molar-refractivity contribution in [2.45, 2.75) is 4.90 Å². The summed E-state index contributed by atoms with van der Waals surface area (Å²) >= 11 is 0. The zero-order valence-electron chi connectivity index (χ0n) is 8.73. The lowest BCUT2D eigenvalue weighted by Crippen LogP contribution is -2.33. The first-order chi connectivity index (χ1) is 8.45. The van der Waals surface area contributed by atoms with E-state index in [-0.39, 0.29) is 10.6 Å². The van der Waals surface area contributed by atoms with Gasteiger partial charge < -0.3 is 15.6 Å². The van der Waals surface area contributed by atoms with E-state index in [0.29, 0.717) is 0 Å². The number of carboxylic acid groups (broad SMARTS) is 1. The molecule has 0 saturated carbocycles. The van der Waals surface area contributed by atoms with Crippen LogP contribution in [0.4, 0.5) is 5.69 Å². The third-order valence-electron chi connectivity index (χ3n) is 2.16. The van der Waals surface area contributed by atoms with E-state index >= 15 is 0 Å². The van der Waals surface area contributed by atoms with Crippen LogP contribution in [0.2, 0.25) is 0 Å². The molecule has 94 valence electrons. The Morgan fingerprint density at radius 3 is 2.61 bits per heavy atom. The summed E-state index contributed by atoms with van der Waals surface area (Å²) in [4.78, 5) is 10.7. The number of anilines is 1. The molecule has 1 heterocycles. The van der Waals surface area contributed by atoms with Gasteiger partial charge in [-0.05, 0) is 12.1 Å². The van der Waals surface area contributed by atoms with Crippen LogP contribution in [-0.2, 0) is 14.8 Å². The Kier molecular flexibility index (Phi) is 2.75. The largest absolute Gasteiger partial charge is 0.476 e. The average molecular weight is 269 g/mol. The first-order valence-electron chi connectivity index (χ1n) is 4.62. The molecule has 0 radical (unpaired) electrons. The summed E-state index contributed by atoms with van der Waals surface area (Å²) < 4.78 is 26.8. The van der Waals surface area contributed by atoms with E-state index in [4.69, 9.17) is 10.3 Å². The van der Waals surface area contributed by atoms with Crippen molar-refractivity contribution in [2.75, 3.05) is 5.32 Å². The van der Waals surface area contributed by atoms with E-state index in [2.05, 4.69) is 14.9 Å². The van der Waals surface area contributed by atoms with Gasteiger partial charge >= 0.3 is 5.97 Å². The van der Waals surface area contributed by atoms with E-state index in [1.165, 1.54) is 18.2 Å². The zero-order valence-corrected chi connectivity index (χ0v) is 9.55. The molecule has 0 saturated heterocycles. The monoisotopic (exact) mass is 269 g/mol. The van der Waals surface area contributed by atoms with E-state index in [1.807, 2.05) is 0 Å². The van der Waals surface area contributed by atoms with Gasteiger partial charge in [0, 0.05) is 0 Å². The highest BCUT2D eigenvalue weighted by Crippen LogP contribution is 2.26. The number of nitrogens with zero attached hydrogens (tertiary/aromatic N) is 2. The number of para-hydroxylation sites is 1. The number of nitrogens with one attached hydrogen (secondary N) is 1. The number of aliphatic carboxylic acids is 1. The molecule has 0 amide bonds. The lowest BCUT2D eigenvalue weighted by molar-refractivity contribution is -0.129. The minimum Gasteiger partial charge on any atom is -0.476 e. The van der Waals surface area contributed by atoms with Crippen molar-refractivity contribution in [1.82, 2.24) is 0 Å². The molecule has 0 aromatic heterocycles. The van der Waals surface area contributed by atoms with Crippen molar-refractivity contribution >= 4 is 33.2 Å². The summed E-state index contributed by atoms with van der Waals surface area (Å²) in [5.74, 6) is -2.14. The first-order valence-corrected chi connectivity index (χ1v) is 6.06. The normalized spacial score (nSPS) is 17.3. The Labute approximate surface area is 101 Å². The standard InChI is InChI=1S/C9H7N3O5S/c13-9(14)7(11-15)8-10-5-3-1-2-4-6(5)18(16,17)12-8/h1-4,15H,(H,10,12)(H,13,14). The number of rotatable bonds is 2. The van der Waals surface area contributed by atoms with Crippen LogP contribution in [0.15, 0.2) is 38.7 Å². The quantitative estimate of drug-likeness (QED) is 0.397. The molecule has 2 rings (SSSR count). The van der Waals surface area contributed by atoms with Gasteiger partial charge in [-0.1, -0.05) is 17.3 Å².